The average Bonchev–Trinajstić information content (AvgIpc) is 3.66. The second-order valence-corrected chi connectivity index (χ2v) is 13.3. The van der Waals surface area contributed by atoms with Gasteiger partial charge >= 0.3 is 0 Å². The van der Waals surface area contributed by atoms with Crippen LogP contribution < -0.4 is 25.9 Å². The van der Waals surface area contributed by atoms with Gasteiger partial charge in [-0.25, -0.2) is 4.57 Å². The third-order valence-electron chi connectivity index (χ3n) is 10.7. The Bertz CT molecular complexity index is 2830. The van der Waals surface area contributed by atoms with Crippen LogP contribution in [-0.2, 0) is 7.05 Å². The smallest absolute Gasteiger partial charge is 0.252 e. The quantitative estimate of drug-likeness (QED) is 0.145. The Morgan fingerprint density at radius 1 is 0.625 bits per heavy atom. The molecule has 0 N–H and O–H groups in total. The summed E-state index contributed by atoms with van der Waals surface area (Å²) in [5.41, 5.74) is 16.6. The fraction of sp³-hybridized carbons (Fsp3) is 0.0465. The van der Waals surface area contributed by atoms with Crippen LogP contribution in [0.25, 0.3) is 60.7 Å². The van der Waals surface area contributed by atoms with Crippen LogP contribution in [0.5, 0.6) is 0 Å². The molecular weight excluding hydrogens is 585 g/mol. The standard InChI is InChI=1S/C43H29BN3O/c1-26-19-20-30-31-24-38-33(25-39(31)48-43(30)40(26)36-18-10-11-23-45(36)2)44-32-15-7-9-17-35(32)46(27-12-4-3-5-13-27)37-22-21-29-28-14-6-8-16-34(28)47(38)42(29)41(37)44/h3-25H,1-2H3/q+1. The molecule has 2 aliphatic rings. The van der Waals surface area contributed by atoms with Crippen LogP contribution in [0.2, 0.25) is 0 Å². The minimum absolute atomic E-state index is 0.0532. The topological polar surface area (TPSA) is 25.2 Å². The Labute approximate surface area is 277 Å². The molecule has 0 saturated carbocycles. The van der Waals surface area contributed by atoms with E-state index in [2.05, 4.69) is 168 Å². The molecule has 2 aliphatic heterocycles. The molecule has 0 aliphatic carbocycles. The zero-order valence-electron chi connectivity index (χ0n) is 26.6. The Balaban J connectivity index is 1.29. The van der Waals surface area contributed by atoms with E-state index in [1.165, 1.54) is 60.8 Å². The molecule has 0 fully saturated rings. The van der Waals surface area contributed by atoms with Crippen molar-refractivity contribution in [2.75, 3.05) is 4.90 Å². The van der Waals surface area contributed by atoms with E-state index in [-0.39, 0.29) is 6.71 Å². The molecule has 0 amide bonds. The molecule has 11 rings (SSSR count). The number of fused-ring (bicyclic) bond motifs is 11. The van der Waals surface area contributed by atoms with Crippen molar-refractivity contribution in [3.05, 3.63) is 145 Å². The summed E-state index contributed by atoms with van der Waals surface area (Å²) >= 11 is 0. The number of nitrogens with zero attached hydrogens (tertiary/aromatic N) is 3. The molecule has 0 atom stereocenters. The highest BCUT2D eigenvalue weighted by Crippen LogP contribution is 2.44. The fourth-order valence-electron chi connectivity index (χ4n) is 8.72. The fourth-order valence-corrected chi connectivity index (χ4v) is 8.72. The van der Waals surface area contributed by atoms with Crippen LogP contribution in [0, 0.1) is 6.92 Å². The van der Waals surface area contributed by atoms with Gasteiger partial charge in [0, 0.05) is 56.4 Å². The van der Waals surface area contributed by atoms with Crippen molar-refractivity contribution in [1.29, 1.82) is 0 Å². The number of hydrogen-bond donors (Lipinski definition) is 0. The molecule has 5 heterocycles. The van der Waals surface area contributed by atoms with E-state index in [9.17, 15) is 0 Å². The predicted molar refractivity (Wildman–Crippen MR) is 199 cm³/mol. The van der Waals surface area contributed by atoms with Crippen molar-refractivity contribution in [3.8, 4) is 16.9 Å². The van der Waals surface area contributed by atoms with Gasteiger partial charge in [0.1, 0.15) is 18.2 Å². The monoisotopic (exact) mass is 614 g/mol. The number of anilines is 3. The number of furan rings is 1. The van der Waals surface area contributed by atoms with Crippen molar-refractivity contribution in [1.82, 2.24) is 4.57 Å². The Kier molecular flexibility index (Phi) is 5.03. The lowest BCUT2D eigenvalue weighted by atomic mass is 9.34. The number of aromatic nitrogens is 2. The third-order valence-corrected chi connectivity index (χ3v) is 10.7. The molecule has 224 valence electrons. The first-order valence-corrected chi connectivity index (χ1v) is 16.6. The summed E-state index contributed by atoms with van der Waals surface area (Å²) < 4.78 is 11.7. The number of rotatable bonds is 2. The predicted octanol–water partition coefficient (Wildman–Crippen LogP) is 8.10. The maximum absolute atomic E-state index is 6.96. The third kappa shape index (κ3) is 3.23. The summed E-state index contributed by atoms with van der Waals surface area (Å²) in [6, 6.07) is 48.8. The first-order valence-electron chi connectivity index (χ1n) is 16.6. The highest BCUT2D eigenvalue weighted by molar-refractivity contribution is 7.00. The second kappa shape index (κ2) is 9.27. The molecule has 5 heteroatoms. The maximum atomic E-state index is 6.96. The number of pyridine rings is 1. The summed E-state index contributed by atoms with van der Waals surface area (Å²) in [5, 5.41) is 4.85. The summed E-state index contributed by atoms with van der Waals surface area (Å²) in [6.07, 6.45) is 2.10. The van der Waals surface area contributed by atoms with E-state index < -0.39 is 0 Å². The lowest BCUT2D eigenvalue weighted by molar-refractivity contribution is -0.660. The molecule has 0 radical (unpaired) electrons. The molecule has 6 aromatic carbocycles. The van der Waals surface area contributed by atoms with Crippen molar-refractivity contribution in [2.24, 2.45) is 7.05 Å². The highest BCUT2D eigenvalue weighted by Gasteiger charge is 2.42. The largest absolute Gasteiger partial charge is 0.455 e. The number of benzene rings is 6. The minimum atomic E-state index is 0.0532. The van der Waals surface area contributed by atoms with Crippen LogP contribution in [-0.4, -0.2) is 11.3 Å². The van der Waals surface area contributed by atoms with Gasteiger partial charge < -0.3 is 13.9 Å². The maximum Gasteiger partial charge on any atom is 0.252 e. The average molecular weight is 615 g/mol. The molecule has 48 heavy (non-hydrogen) atoms. The zero-order valence-corrected chi connectivity index (χ0v) is 26.6. The molecule has 0 spiro atoms. The van der Waals surface area contributed by atoms with Gasteiger partial charge in [0.15, 0.2) is 6.20 Å². The molecule has 9 aromatic rings. The summed E-state index contributed by atoms with van der Waals surface area (Å²) in [7, 11) is 2.10. The zero-order chi connectivity index (χ0) is 31.7. The van der Waals surface area contributed by atoms with E-state index in [0.717, 1.165) is 38.9 Å². The minimum Gasteiger partial charge on any atom is -0.455 e. The summed E-state index contributed by atoms with van der Waals surface area (Å²) in [5.74, 6) is 0. The first kappa shape index (κ1) is 26.1. The van der Waals surface area contributed by atoms with Gasteiger partial charge in [-0.1, -0.05) is 72.8 Å². The Morgan fingerprint density at radius 2 is 1.42 bits per heavy atom. The lowest BCUT2D eigenvalue weighted by Crippen LogP contribution is -2.60. The van der Waals surface area contributed by atoms with Gasteiger partial charge in [-0.05, 0) is 77.4 Å². The van der Waals surface area contributed by atoms with Crippen LogP contribution in [0.3, 0.4) is 0 Å². The van der Waals surface area contributed by atoms with E-state index >= 15 is 0 Å². The Morgan fingerprint density at radius 3 is 2.31 bits per heavy atom. The van der Waals surface area contributed by atoms with Crippen molar-refractivity contribution in [2.45, 2.75) is 6.92 Å². The molecule has 3 aromatic heterocycles. The van der Waals surface area contributed by atoms with Gasteiger partial charge in [0.25, 0.3) is 6.71 Å². The number of aryl methyl sites for hydroxylation is 2. The van der Waals surface area contributed by atoms with Gasteiger partial charge in [0.2, 0.25) is 5.69 Å². The van der Waals surface area contributed by atoms with Gasteiger partial charge in [0.05, 0.1) is 16.6 Å². The van der Waals surface area contributed by atoms with E-state index in [0.29, 0.717) is 0 Å². The van der Waals surface area contributed by atoms with Gasteiger partial charge in [-0.15, -0.1) is 0 Å². The number of hydrogen-bond acceptors (Lipinski definition) is 2. The van der Waals surface area contributed by atoms with Crippen molar-refractivity contribution < 1.29 is 8.98 Å². The van der Waals surface area contributed by atoms with E-state index in [4.69, 9.17) is 4.42 Å². The van der Waals surface area contributed by atoms with Crippen molar-refractivity contribution >= 4 is 83.9 Å². The second-order valence-electron chi connectivity index (χ2n) is 13.3. The molecule has 0 saturated heterocycles. The summed E-state index contributed by atoms with van der Waals surface area (Å²) in [6.45, 7) is 2.23. The first-order chi connectivity index (χ1) is 23.7. The van der Waals surface area contributed by atoms with E-state index in [1.807, 2.05) is 0 Å². The number of para-hydroxylation sites is 3. The van der Waals surface area contributed by atoms with Crippen molar-refractivity contribution in [3.63, 3.8) is 0 Å². The summed E-state index contributed by atoms with van der Waals surface area (Å²) in [4.78, 5) is 2.45. The molecule has 4 nitrogen and oxygen atoms in total. The van der Waals surface area contributed by atoms with Crippen LogP contribution in [0.15, 0.2) is 144 Å². The van der Waals surface area contributed by atoms with E-state index in [1.54, 1.807) is 0 Å². The van der Waals surface area contributed by atoms with Gasteiger partial charge in [-0.3, -0.25) is 0 Å². The van der Waals surface area contributed by atoms with Crippen LogP contribution in [0.1, 0.15) is 5.56 Å². The Hall–Kier alpha value is -6.07. The SMILES string of the molecule is Cc1ccc2c(oc3cc4c(cc32)-n2c3ccccc3c3ccc5c(c32)B4c2ccccc2N5c2ccccc2)c1-c1cccc[n+]1C. The van der Waals surface area contributed by atoms with Gasteiger partial charge in [-0.2, -0.15) is 0 Å². The lowest BCUT2D eigenvalue weighted by Gasteiger charge is -2.39. The van der Waals surface area contributed by atoms with Crippen LogP contribution in [0.4, 0.5) is 17.1 Å². The molecule has 0 bridgehead atoms. The highest BCUT2D eigenvalue weighted by atomic mass is 16.3. The molecular formula is C43H29BN3O+. The molecule has 0 unspecified atom stereocenters. The van der Waals surface area contributed by atoms with Crippen LogP contribution >= 0.6 is 0 Å². The normalized spacial score (nSPS) is 13.1.